The van der Waals surface area contributed by atoms with Gasteiger partial charge in [-0.2, -0.15) is 0 Å². The van der Waals surface area contributed by atoms with E-state index >= 15 is 0 Å². The summed E-state index contributed by atoms with van der Waals surface area (Å²) in [6.45, 7) is 11.0. The van der Waals surface area contributed by atoms with Crippen LogP contribution in [-0.2, 0) is 20.8 Å². The molecule has 0 aliphatic carbocycles. The van der Waals surface area contributed by atoms with Gasteiger partial charge >= 0.3 is 0 Å². The zero-order chi connectivity index (χ0) is 40.6. The number of nitrogens with one attached hydrogen (secondary N) is 2. The summed E-state index contributed by atoms with van der Waals surface area (Å²) < 4.78 is 23.0. The highest BCUT2D eigenvalue weighted by atomic mass is 16.5. The highest BCUT2D eigenvalue weighted by Crippen LogP contribution is 2.46. The van der Waals surface area contributed by atoms with Crippen LogP contribution < -0.4 is 29.6 Å². The highest BCUT2D eigenvalue weighted by Gasteiger charge is 2.50. The van der Waals surface area contributed by atoms with Gasteiger partial charge in [-0.3, -0.25) is 9.59 Å². The molecule has 10 heteroatoms. The molecular weight excluding hydrogens is 697 g/mol. The Balaban J connectivity index is 1.83. The van der Waals surface area contributed by atoms with Crippen LogP contribution in [0.3, 0.4) is 0 Å². The quantitative estimate of drug-likeness (QED) is 0.0800. The molecule has 2 atom stereocenters. The van der Waals surface area contributed by atoms with E-state index in [4.69, 9.17) is 18.9 Å². The molecule has 296 valence electrons. The van der Waals surface area contributed by atoms with Crippen LogP contribution in [0.25, 0.3) is 0 Å². The smallest absolute Gasteiger partial charge is 0.235 e. The first kappa shape index (κ1) is 42.7. The van der Waals surface area contributed by atoms with Crippen LogP contribution in [0.5, 0.6) is 23.0 Å². The van der Waals surface area contributed by atoms with Crippen molar-refractivity contribution >= 4 is 11.8 Å². The van der Waals surface area contributed by atoms with Crippen LogP contribution in [0.4, 0.5) is 0 Å². The number of rotatable bonds is 18. The second-order valence-electron chi connectivity index (χ2n) is 15.3. The Bertz CT molecular complexity index is 1680. The summed E-state index contributed by atoms with van der Waals surface area (Å²) in [4.78, 5) is 29.3. The van der Waals surface area contributed by atoms with E-state index in [9.17, 15) is 19.8 Å². The van der Waals surface area contributed by atoms with Gasteiger partial charge in [-0.05, 0) is 62.8 Å². The maximum absolute atomic E-state index is 14.7. The van der Waals surface area contributed by atoms with Crippen LogP contribution in [0.1, 0.15) is 76.6 Å². The maximum Gasteiger partial charge on any atom is 0.235 e. The molecule has 0 spiro atoms. The second kappa shape index (κ2) is 18.0. The van der Waals surface area contributed by atoms with E-state index in [1.165, 1.54) is 42.3 Å². The molecule has 0 saturated heterocycles. The summed E-state index contributed by atoms with van der Waals surface area (Å²) in [5.74, 6) is 0.425. The van der Waals surface area contributed by atoms with Crippen molar-refractivity contribution < 1.29 is 38.7 Å². The summed E-state index contributed by atoms with van der Waals surface area (Å²) in [5.41, 5.74) is -3.73. The Morgan fingerprint density at radius 3 is 0.964 bits per heavy atom. The highest BCUT2D eigenvalue weighted by molar-refractivity contribution is 6.04. The molecule has 10 nitrogen and oxygen atoms in total. The first-order valence-electron chi connectivity index (χ1n) is 18.7. The number of para-hydroxylation sites is 4. The summed E-state index contributed by atoms with van der Waals surface area (Å²) in [7, 11) is 6.09. The molecule has 0 aliphatic rings. The molecule has 4 aromatic rings. The summed E-state index contributed by atoms with van der Waals surface area (Å²) in [5, 5.41) is 32.4. The van der Waals surface area contributed by atoms with Crippen molar-refractivity contribution in [2.45, 2.75) is 77.7 Å². The van der Waals surface area contributed by atoms with Crippen molar-refractivity contribution in [3.63, 3.8) is 0 Å². The van der Waals surface area contributed by atoms with Gasteiger partial charge in [-0.15, -0.1) is 0 Å². The van der Waals surface area contributed by atoms with Gasteiger partial charge in [0.1, 0.15) is 39.6 Å². The van der Waals surface area contributed by atoms with Crippen molar-refractivity contribution in [2.75, 3.05) is 28.4 Å². The number of aliphatic hydroxyl groups is 2. The van der Waals surface area contributed by atoms with Crippen molar-refractivity contribution in [1.82, 2.24) is 10.6 Å². The van der Waals surface area contributed by atoms with Gasteiger partial charge in [0.25, 0.3) is 0 Å². The molecule has 0 fully saturated rings. The lowest BCUT2D eigenvalue weighted by atomic mass is 9.75. The third-order valence-electron chi connectivity index (χ3n) is 10.2. The molecule has 0 radical (unpaired) electrons. The van der Waals surface area contributed by atoms with Crippen LogP contribution in [0.15, 0.2) is 97.1 Å². The summed E-state index contributed by atoms with van der Waals surface area (Å²) in [6, 6.07) is 26.5. The molecular formula is C45H58N2O8. The number of ether oxygens (including phenoxy) is 4. The van der Waals surface area contributed by atoms with Crippen LogP contribution in [0, 0.1) is 17.3 Å². The van der Waals surface area contributed by atoms with Crippen molar-refractivity contribution in [3.05, 3.63) is 119 Å². The Hall–Kier alpha value is -5.06. The molecule has 4 N–H and O–H groups in total. The van der Waals surface area contributed by atoms with Gasteiger partial charge in [-0.25, -0.2) is 0 Å². The largest absolute Gasteiger partial charge is 0.496 e. The van der Waals surface area contributed by atoms with Gasteiger partial charge in [0.05, 0.1) is 40.5 Å². The molecule has 0 saturated carbocycles. The van der Waals surface area contributed by atoms with E-state index in [0.717, 1.165) is 0 Å². The molecule has 4 aromatic carbocycles. The average molecular weight is 755 g/mol. The van der Waals surface area contributed by atoms with Gasteiger partial charge < -0.3 is 39.8 Å². The summed E-state index contributed by atoms with van der Waals surface area (Å²) >= 11 is 0. The van der Waals surface area contributed by atoms with E-state index in [1.807, 2.05) is 27.7 Å². The van der Waals surface area contributed by atoms with Gasteiger partial charge in [0.2, 0.25) is 11.8 Å². The fourth-order valence-corrected chi connectivity index (χ4v) is 7.27. The fourth-order valence-electron chi connectivity index (χ4n) is 7.27. The number of benzene rings is 4. The lowest BCUT2D eigenvalue weighted by Gasteiger charge is -2.42. The van der Waals surface area contributed by atoms with E-state index in [2.05, 4.69) is 10.6 Å². The first-order chi connectivity index (χ1) is 26.1. The minimum atomic E-state index is -1.86. The number of hydrogen-bond donors (Lipinski definition) is 4. The molecule has 0 aliphatic heterocycles. The average Bonchev–Trinajstić information content (AvgIpc) is 3.19. The minimum Gasteiger partial charge on any atom is -0.496 e. The zero-order valence-corrected chi connectivity index (χ0v) is 33.8. The Morgan fingerprint density at radius 2 is 0.745 bits per heavy atom. The number of amides is 2. The van der Waals surface area contributed by atoms with Crippen molar-refractivity contribution in [3.8, 4) is 23.0 Å². The standard InChI is InChI=1S/C45H58N2O8/c1-29(2)27-39(44(50,31-19-11-15-23-35(31)52-7)32-20-12-16-24-36(32)53-8)46-41(48)43(5,6)42(49)47-40(28-30(3)4)45(51,33-21-13-17-25-37(33)54-9)34-22-14-18-26-38(34)55-10/h11-26,29-30,39-40,50-51H,27-28H2,1-10H3,(H,46,48)(H,47,49)/t39-,40-/m1/s1. The lowest BCUT2D eigenvalue weighted by molar-refractivity contribution is -0.144. The number of carbonyl (C=O) groups is 2. The molecule has 2 amide bonds. The molecule has 0 aromatic heterocycles. The molecule has 55 heavy (non-hydrogen) atoms. The lowest BCUT2D eigenvalue weighted by Crippen LogP contribution is -2.60. The molecule has 0 heterocycles. The SMILES string of the molecule is COc1ccccc1C(O)(c1ccccc1OC)[C@@H](CC(C)C)NC(=O)C(C)(C)C(=O)N[C@H](CC(C)C)C(O)(c1ccccc1OC)c1ccccc1OC. The van der Waals surface area contributed by atoms with Crippen molar-refractivity contribution in [1.29, 1.82) is 0 Å². The summed E-state index contributed by atoms with van der Waals surface area (Å²) in [6.07, 6.45) is 0.654. The third-order valence-corrected chi connectivity index (χ3v) is 10.2. The van der Waals surface area contributed by atoms with Crippen LogP contribution in [0.2, 0.25) is 0 Å². The first-order valence-corrected chi connectivity index (χ1v) is 18.7. The monoisotopic (exact) mass is 754 g/mol. The van der Waals surface area contributed by atoms with Crippen molar-refractivity contribution in [2.24, 2.45) is 17.3 Å². The molecule has 0 bridgehead atoms. The van der Waals surface area contributed by atoms with Crippen LogP contribution >= 0.6 is 0 Å². The fraction of sp³-hybridized carbons (Fsp3) is 0.422. The molecule has 0 unspecified atom stereocenters. The van der Waals surface area contributed by atoms with E-state index < -0.39 is 40.5 Å². The topological polar surface area (TPSA) is 136 Å². The second-order valence-corrected chi connectivity index (χ2v) is 15.3. The molecule has 4 rings (SSSR count). The van der Waals surface area contributed by atoms with E-state index in [-0.39, 0.29) is 11.8 Å². The van der Waals surface area contributed by atoms with Crippen LogP contribution in [-0.4, -0.2) is 62.6 Å². The third kappa shape index (κ3) is 8.76. The van der Waals surface area contributed by atoms with Gasteiger partial charge in [0, 0.05) is 22.3 Å². The number of carbonyl (C=O) groups excluding carboxylic acids is 2. The number of methoxy groups -OCH3 is 4. The van der Waals surface area contributed by atoms with E-state index in [1.54, 1.807) is 97.1 Å². The van der Waals surface area contributed by atoms with E-state index in [0.29, 0.717) is 58.1 Å². The number of hydrogen-bond acceptors (Lipinski definition) is 8. The predicted octanol–water partition coefficient (Wildman–Crippen LogP) is 6.98. The van der Waals surface area contributed by atoms with Gasteiger partial charge in [0.15, 0.2) is 0 Å². The normalized spacial score (nSPS) is 13.2. The maximum atomic E-state index is 14.7. The predicted molar refractivity (Wildman–Crippen MR) is 215 cm³/mol. The minimum absolute atomic E-state index is 0.00492. The Labute approximate surface area is 326 Å². The Morgan fingerprint density at radius 1 is 0.509 bits per heavy atom. The zero-order valence-electron chi connectivity index (χ0n) is 33.8. The van der Waals surface area contributed by atoms with Gasteiger partial charge in [-0.1, -0.05) is 100 Å². The Kier molecular flexibility index (Phi) is 14.0.